The minimum absolute atomic E-state index is 0.0548. The van der Waals surface area contributed by atoms with Gasteiger partial charge in [-0.2, -0.15) is 13.2 Å². The normalized spacial score (nSPS) is 26.7. The second kappa shape index (κ2) is 8.08. The van der Waals surface area contributed by atoms with E-state index in [1.54, 1.807) is 6.92 Å². The van der Waals surface area contributed by atoms with E-state index < -0.39 is 29.9 Å². The molecular formula is C17H25F3O3. The van der Waals surface area contributed by atoms with Crippen LogP contribution >= 0.6 is 0 Å². The second-order valence-corrected chi connectivity index (χ2v) is 6.57. The van der Waals surface area contributed by atoms with Gasteiger partial charge in [-0.05, 0) is 32.1 Å². The van der Waals surface area contributed by atoms with E-state index in [9.17, 15) is 22.8 Å². The summed E-state index contributed by atoms with van der Waals surface area (Å²) in [5.41, 5.74) is 0.633. The van der Waals surface area contributed by atoms with Gasteiger partial charge in [-0.25, -0.2) is 0 Å². The fraction of sp³-hybridized carbons (Fsp3) is 0.765. The van der Waals surface area contributed by atoms with Gasteiger partial charge in [0.25, 0.3) is 0 Å². The Morgan fingerprint density at radius 3 is 2.48 bits per heavy atom. The maximum Gasteiger partial charge on any atom is 0.450 e. The number of methoxy groups -OCH3 is 1. The summed E-state index contributed by atoms with van der Waals surface area (Å²) < 4.78 is 43.7. The van der Waals surface area contributed by atoms with Crippen molar-refractivity contribution in [1.82, 2.24) is 0 Å². The van der Waals surface area contributed by atoms with Crippen LogP contribution in [-0.4, -0.2) is 31.0 Å². The first-order chi connectivity index (χ1) is 10.6. The van der Waals surface area contributed by atoms with Crippen molar-refractivity contribution in [2.45, 2.75) is 58.7 Å². The molecule has 0 aliphatic heterocycles. The first-order valence-electron chi connectivity index (χ1n) is 7.92. The van der Waals surface area contributed by atoms with Crippen molar-refractivity contribution < 1.29 is 27.5 Å². The molecule has 0 spiro atoms. The van der Waals surface area contributed by atoms with Gasteiger partial charge in [-0.3, -0.25) is 9.59 Å². The molecule has 0 amide bonds. The van der Waals surface area contributed by atoms with Crippen molar-refractivity contribution in [3.63, 3.8) is 0 Å². The third-order valence-corrected chi connectivity index (χ3v) is 4.38. The first kappa shape index (κ1) is 19.9. The molecule has 0 aromatic carbocycles. The molecule has 0 unspecified atom stereocenters. The van der Waals surface area contributed by atoms with Crippen LogP contribution in [0.15, 0.2) is 11.6 Å². The predicted octanol–water partition coefficient (Wildman–Crippen LogP) is 4.11. The van der Waals surface area contributed by atoms with Crippen LogP contribution in [-0.2, 0) is 14.3 Å². The van der Waals surface area contributed by atoms with Crippen molar-refractivity contribution in [2.75, 3.05) is 7.11 Å². The van der Waals surface area contributed by atoms with E-state index in [1.165, 1.54) is 7.11 Å². The lowest BCUT2D eigenvalue weighted by molar-refractivity contribution is -0.180. The Kier molecular flexibility index (Phi) is 6.99. The Bertz CT molecular complexity index is 466. The van der Waals surface area contributed by atoms with Crippen molar-refractivity contribution in [3.8, 4) is 0 Å². The summed E-state index contributed by atoms with van der Waals surface area (Å²) in [6.45, 7) is 5.80. The molecule has 0 radical (unpaired) electrons. The fourth-order valence-electron chi connectivity index (χ4n) is 3.15. The topological polar surface area (TPSA) is 43.4 Å². The zero-order valence-electron chi connectivity index (χ0n) is 14.1. The van der Waals surface area contributed by atoms with Gasteiger partial charge in [-0.15, -0.1) is 0 Å². The molecule has 1 fully saturated rings. The van der Waals surface area contributed by atoms with Gasteiger partial charge in [0.15, 0.2) is 5.78 Å². The van der Waals surface area contributed by atoms with Crippen molar-refractivity contribution >= 4 is 11.6 Å². The van der Waals surface area contributed by atoms with Crippen LogP contribution in [0.3, 0.4) is 0 Å². The molecule has 23 heavy (non-hydrogen) atoms. The van der Waals surface area contributed by atoms with E-state index in [1.807, 2.05) is 6.08 Å². The molecule has 0 aromatic rings. The number of allylic oxidation sites excluding steroid dienone is 1. The summed E-state index contributed by atoms with van der Waals surface area (Å²) in [4.78, 5) is 23.8. The molecule has 1 rings (SSSR count). The summed E-state index contributed by atoms with van der Waals surface area (Å²) in [7, 11) is 1.30. The number of halogens is 3. The van der Waals surface area contributed by atoms with E-state index in [2.05, 4.69) is 13.8 Å². The van der Waals surface area contributed by atoms with Crippen LogP contribution in [0.4, 0.5) is 13.2 Å². The maximum absolute atomic E-state index is 12.9. The molecule has 0 bridgehead atoms. The molecule has 0 saturated heterocycles. The number of Topliss-reactive ketones (excluding diaryl/α,β-unsaturated/α-hetero) is 2. The molecule has 0 aromatic heterocycles. The van der Waals surface area contributed by atoms with Crippen LogP contribution in [0, 0.1) is 17.8 Å². The van der Waals surface area contributed by atoms with Crippen LogP contribution in [0.5, 0.6) is 0 Å². The van der Waals surface area contributed by atoms with Gasteiger partial charge >= 0.3 is 6.18 Å². The summed E-state index contributed by atoms with van der Waals surface area (Å²) in [5.74, 6) is -3.60. The van der Waals surface area contributed by atoms with E-state index in [4.69, 9.17) is 4.74 Å². The maximum atomic E-state index is 12.9. The molecule has 0 N–H and O–H groups in total. The molecule has 0 heterocycles. The van der Waals surface area contributed by atoms with Gasteiger partial charge in [0.2, 0.25) is 5.78 Å². The molecule has 1 aliphatic rings. The molecule has 6 heteroatoms. The second-order valence-electron chi connectivity index (χ2n) is 6.57. The van der Waals surface area contributed by atoms with Crippen molar-refractivity contribution in [3.05, 3.63) is 11.6 Å². The third-order valence-electron chi connectivity index (χ3n) is 4.38. The standard InChI is InChI=1S/C17H25F3O3/c1-10(2)6-5-7-11(3)14-12(16(22)17(18,19)20)8-9-13(21)15(14)23-4/h7,10,12,14-15H,5-6,8-9H2,1-4H3/t12-,14+,15+/m0/s1. The molecule has 3 atom stereocenters. The van der Waals surface area contributed by atoms with Gasteiger partial charge < -0.3 is 4.74 Å². The summed E-state index contributed by atoms with van der Waals surface area (Å²) >= 11 is 0. The molecule has 132 valence electrons. The Morgan fingerprint density at radius 1 is 1.39 bits per heavy atom. The zero-order chi connectivity index (χ0) is 17.8. The Hall–Kier alpha value is -1.17. The zero-order valence-corrected chi connectivity index (χ0v) is 14.1. The fourth-order valence-corrected chi connectivity index (χ4v) is 3.15. The highest BCUT2D eigenvalue weighted by Crippen LogP contribution is 2.39. The average molecular weight is 334 g/mol. The third kappa shape index (κ3) is 5.16. The number of carbonyl (C=O) groups is 2. The van der Waals surface area contributed by atoms with Crippen LogP contribution in [0.2, 0.25) is 0 Å². The molecule has 1 aliphatic carbocycles. The van der Waals surface area contributed by atoms with Gasteiger partial charge in [0.05, 0.1) is 0 Å². The lowest BCUT2D eigenvalue weighted by Crippen LogP contribution is -2.47. The van der Waals surface area contributed by atoms with E-state index in [0.29, 0.717) is 17.9 Å². The molecular weight excluding hydrogens is 309 g/mol. The summed E-state index contributed by atoms with van der Waals surface area (Å²) in [6, 6.07) is 0. The molecule has 1 saturated carbocycles. The van der Waals surface area contributed by atoms with Crippen LogP contribution < -0.4 is 0 Å². The number of hydrogen-bond donors (Lipinski definition) is 0. The Morgan fingerprint density at radius 2 is 2.00 bits per heavy atom. The monoisotopic (exact) mass is 334 g/mol. The number of ketones is 2. The van der Waals surface area contributed by atoms with E-state index >= 15 is 0 Å². The van der Waals surface area contributed by atoms with Crippen molar-refractivity contribution in [2.24, 2.45) is 17.8 Å². The van der Waals surface area contributed by atoms with Gasteiger partial charge in [0.1, 0.15) is 6.10 Å². The number of alkyl halides is 3. The highest BCUT2D eigenvalue weighted by atomic mass is 19.4. The minimum Gasteiger partial charge on any atom is -0.373 e. The van der Waals surface area contributed by atoms with Gasteiger partial charge in [0, 0.05) is 25.4 Å². The quantitative estimate of drug-likeness (QED) is 0.687. The number of hydrogen-bond acceptors (Lipinski definition) is 3. The SMILES string of the molecule is CO[C@@H]1C(=O)CC[C@H](C(=O)C(F)(F)F)[C@H]1C(C)=CCCC(C)C. The van der Waals surface area contributed by atoms with Gasteiger partial charge in [-0.1, -0.05) is 25.5 Å². The Balaban J connectivity index is 3.08. The number of ether oxygens (including phenoxy) is 1. The van der Waals surface area contributed by atoms with E-state index in [-0.39, 0.29) is 18.6 Å². The van der Waals surface area contributed by atoms with Crippen molar-refractivity contribution in [1.29, 1.82) is 0 Å². The molecule has 3 nitrogen and oxygen atoms in total. The summed E-state index contributed by atoms with van der Waals surface area (Å²) in [6.07, 6.45) is -2.55. The first-order valence-corrected chi connectivity index (χ1v) is 7.92. The largest absolute Gasteiger partial charge is 0.450 e. The predicted molar refractivity (Wildman–Crippen MR) is 80.9 cm³/mol. The minimum atomic E-state index is -4.89. The lowest BCUT2D eigenvalue weighted by atomic mass is 9.70. The smallest absolute Gasteiger partial charge is 0.373 e. The van der Waals surface area contributed by atoms with E-state index in [0.717, 1.165) is 6.42 Å². The lowest BCUT2D eigenvalue weighted by Gasteiger charge is -2.36. The Labute approximate surface area is 135 Å². The van der Waals surface area contributed by atoms with Crippen LogP contribution in [0.1, 0.15) is 46.5 Å². The number of rotatable bonds is 6. The summed E-state index contributed by atoms with van der Waals surface area (Å²) in [5, 5.41) is 0. The van der Waals surface area contributed by atoms with Crippen LogP contribution in [0.25, 0.3) is 0 Å². The highest BCUT2D eigenvalue weighted by Gasteiger charge is 2.51. The average Bonchev–Trinajstić information content (AvgIpc) is 2.44. The highest BCUT2D eigenvalue weighted by molar-refractivity contribution is 5.92. The number of carbonyl (C=O) groups excluding carboxylic acids is 2.